The van der Waals surface area contributed by atoms with Crippen molar-refractivity contribution >= 4 is 28.5 Å². The van der Waals surface area contributed by atoms with Crippen LogP contribution in [0.4, 0.5) is 0 Å². The Morgan fingerprint density at radius 1 is 1.39 bits per heavy atom. The zero-order chi connectivity index (χ0) is 22.5. The summed E-state index contributed by atoms with van der Waals surface area (Å²) in [4.78, 5) is 18.2. The highest BCUT2D eigenvalue weighted by Crippen LogP contribution is 2.32. The summed E-state index contributed by atoms with van der Waals surface area (Å²) in [6.45, 7) is 8.53. The first-order valence-corrected chi connectivity index (χ1v) is 11.4. The molecule has 1 aromatic heterocycles. The lowest BCUT2D eigenvalue weighted by molar-refractivity contribution is 0.0517. The van der Waals surface area contributed by atoms with Gasteiger partial charge in [0.15, 0.2) is 0 Å². The molecule has 3 rings (SSSR count). The first-order valence-electron chi connectivity index (χ1n) is 11.0. The summed E-state index contributed by atoms with van der Waals surface area (Å²) >= 11 is 6.23. The zero-order valence-corrected chi connectivity index (χ0v) is 19.2. The number of hydrogen-bond acceptors (Lipinski definition) is 7. The van der Waals surface area contributed by atoms with Crippen molar-refractivity contribution in [3.8, 4) is 0 Å². The fourth-order valence-corrected chi connectivity index (χ4v) is 4.55. The van der Waals surface area contributed by atoms with Crippen LogP contribution >= 0.6 is 11.6 Å². The summed E-state index contributed by atoms with van der Waals surface area (Å²) < 4.78 is 5.25. The first-order chi connectivity index (χ1) is 14.8. The molecule has 1 fully saturated rings. The van der Waals surface area contributed by atoms with Crippen LogP contribution in [0.25, 0.3) is 10.9 Å². The van der Waals surface area contributed by atoms with E-state index in [4.69, 9.17) is 33.6 Å². The molecule has 172 valence electrons. The molecule has 0 radical (unpaired) electrons. The van der Waals surface area contributed by atoms with Gasteiger partial charge in [-0.25, -0.2) is 9.80 Å². The van der Waals surface area contributed by atoms with Crippen LogP contribution in [0.15, 0.2) is 18.2 Å². The van der Waals surface area contributed by atoms with Gasteiger partial charge in [-0.05, 0) is 63.9 Å². The molecule has 1 aromatic carbocycles. The monoisotopic (exact) mass is 450 g/mol. The number of carbonyl (C=O) groups is 1. The van der Waals surface area contributed by atoms with Crippen LogP contribution in [-0.4, -0.2) is 66.2 Å². The number of esters is 1. The number of piperidine rings is 1. The molecule has 0 aliphatic carbocycles. The maximum Gasteiger partial charge on any atom is 0.355 e. The molecular formula is C22H35ClN6O2. The quantitative estimate of drug-likeness (QED) is 0.262. The van der Waals surface area contributed by atoms with Gasteiger partial charge in [-0.15, -0.1) is 0 Å². The topological polar surface area (TPSA) is 127 Å². The number of ether oxygens (including phenoxy) is 1. The molecule has 31 heavy (non-hydrogen) atoms. The Bertz CT molecular complexity index is 880. The molecule has 8 nitrogen and oxygen atoms in total. The number of nitrogens with one attached hydrogen (secondary N) is 1. The number of hydrogen-bond donors (Lipinski definition) is 4. The molecule has 2 unspecified atom stereocenters. The van der Waals surface area contributed by atoms with Gasteiger partial charge in [-0.2, -0.15) is 0 Å². The number of nitrogens with zero attached hydrogens (tertiary/aromatic N) is 2. The number of carbonyl (C=O) groups excluding carboxylic acids is 1. The summed E-state index contributed by atoms with van der Waals surface area (Å²) in [6, 6.07) is 4.77. The van der Waals surface area contributed by atoms with E-state index in [0.717, 1.165) is 49.9 Å². The summed E-state index contributed by atoms with van der Waals surface area (Å²) in [5.74, 6) is 6.56. The summed E-state index contributed by atoms with van der Waals surface area (Å²) in [6.07, 6.45) is 2.18. The average Bonchev–Trinajstić information content (AvgIpc) is 3.13. The lowest BCUT2D eigenvalue weighted by Crippen LogP contribution is -2.49. The highest BCUT2D eigenvalue weighted by Gasteiger charge is 2.30. The number of benzene rings is 1. The predicted octanol–water partition coefficient (Wildman–Crippen LogP) is 2.23. The number of likely N-dealkylation sites (tertiary alicyclic amines) is 1. The van der Waals surface area contributed by atoms with Crippen molar-refractivity contribution in [2.24, 2.45) is 23.2 Å². The van der Waals surface area contributed by atoms with Crippen molar-refractivity contribution in [1.29, 1.82) is 0 Å². The Kier molecular flexibility index (Phi) is 8.32. The van der Waals surface area contributed by atoms with Gasteiger partial charge in [0.05, 0.1) is 6.61 Å². The molecule has 9 heteroatoms. The molecule has 0 amide bonds. The van der Waals surface area contributed by atoms with Gasteiger partial charge in [-0.1, -0.05) is 11.6 Å². The molecule has 1 aliphatic rings. The van der Waals surface area contributed by atoms with E-state index in [1.807, 2.05) is 24.1 Å². The molecular weight excluding hydrogens is 416 g/mol. The number of rotatable bonds is 9. The van der Waals surface area contributed by atoms with Crippen LogP contribution in [0.1, 0.15) is 48.8 Å². The minimum atomic E-state index is -0.492. The maximum absolute atomic E-state index is 12.6. The van der Waals surface area contributed by atoms with Gasteiger partial charge in [0.25, 0.3) is 0 Å². The van der Waals surface area contributed by atoms with Crippen LogP contribution in [0.3, 0.4) is 0 Å². The molecule has 2 heterocycles. The SMILES string of the molecule is CCOC(=O)c1[nH]c2ccc(Cl)cc2c1C(N)C(C)N(N)CC1CCN(CCN)CC1. The van der Waals surface area contributed by atoms with Crippen molar-refractivity contribution in [2.75, 3.05) is 39.3 Å². The van der Waals surface area contributed by atoms with Crippen LogP contribution in [0.5, 0.6) is 0 Å². The lowest BCUT2D eigenvalue weighted by Gasteiger charge is -2.36. The van der Waals surface area contributed by atoms with Crippen LogP contribution in [0, 0.1) is 5.92 Å². The molecule has 0 bridgehead atoms. The van der Waals surface area contributed by atoms with E-state index in [2.05, 4.69) is 9.88 Å². The molecule has 0 spiro atoms. The third-order valence-electron chi connectivity index (χ3n) is 6.28. The van der Waals surface area contributed by atoms with E-state index < -0.39 is 12.0 Å². The van der Waals surface area contributed by atoms with Crippen LogP contribution < -0.4 is 17.3 Å². The summed E-state index contributed by atoms with van der Waals surface area (Å²) in [7, 11) is 0. The Morgan fingerprint density at radius 3 is 2.74 bits per heavy atom. The first kappa shape index (κ1) is 24.0. The second kappa shape index (κ2) is 10.8. The number of fused-ring (bicyclic) bond motifs is 1. The van der Waals surface area contributed by atoms with Crippen LogP contribution in [-0.2, 0) is 4.74 Å². The molecule has 2 aromatic rings. The summed E-state index contributed by atoms with van der Waals surface area (Å²) in [5, 5.41) is 3.21. The Labute approximate surface area is 189 Å². The summed E-state index contributed by atoms with van der Waals surface area (Å²) in [5.41, 5.74) is 14.2. The van der Waals surface area contributed by atoms with Crippen molar-refractivity contribution in [2.45, 2.75) is 38.8 Å². The van der Waals surface area contributed by atoms with Gasteiger partial charge in [0, 0.05) is 53.2 Å². The number of hydrazine groups is 1. The van der Waals surface area contributed by atoms with E-state index in [9.17, 15) is 4.79 Å². The average molecular weight is 451 g/mol. The third-order valence-corrected chi connectivity index (χ3v) is 6.51. The van der Waals surface area contributed by atoms with Gasteiger partial charge in [0.1, 0.15) is 5.69 Å². The number of halogens is 1. The van der Waals surface area contributed by atoms with E-state index >= 15 is 0 Å². The normalized spacial score (nSPS) is 17.9. The predicted molar refractivity (Wildman–Crippen MR) is 125 cm³/mol. The van der Waals surface area contributed by atoms with Crippen molar-refractivity contribution in [1.82, 2.24) is 14.9 Å². The molecule has 1 aliphatic heterocycles. The number of aromatic nitrogens is 1. The maximum atomic E-state index is 12.6. The van der Waals surface area contributed by atoms with Gasteiger partial charge >= 0.3 is 5.97 Å². The second-order valence-corrected chi connectivity index (χ2v) is 8.80. The fraction of sp³-hybridized carbons (Fsp3) is 0.591. The van der Waals surface area contributed by atoms with Crippen molar-refractivity contribution in [3.05, 3.63) is 34.5 Å². The Hall–Kier alpha value is -1.68. The van der Waals surface area contributed by atoms with Gasteiger partial charge in [0.2, 0.25) is 0 Å². The van der Waals surface area contributed by atoms with E-state index in [0.29, 0.717) is 28.7 Å². The zero-order valence-electron chi connectivity index (χ0n) is 18.4. The molecule has 7 N–H and O–H groups in total. The minimum Gasteiger partial charge on any atom is -0.461 e. The largest absolute Gasteiger partial charge is 0.461 e. The molecule has 2 atom stereocenters. The highest BCUT2D eigenvalue weighted by molar-refractivity contribution is 6.31. The number of aromatic amines is 1. The smallest absolute Gasteiger partial charge is 0.355 e. The van der Waals surface area contributed by atoms with E-state index in [1.165, 1.54) is 0 Å². The minimum absolute atomic E-state index is 0.187. The van der Waals surface area contributed by atoms with E-state index in [-0.39, 0.29) is 12.6 Å². The third kappa shape index (κ3) is 5.58. The Balaban J connectivity index is 1.77. The number of nitrogens with two attached hydrogens (primary N) is 3. The molecule has 1 saturated heterocycles. The van der Waals surface area contributed by atoms with Gasteiger partial charge < -0.3 is 26.1 Å². The number of H-pyrrole nitrogens is 1. The Morgan fingerprint density at radius 2 is 2.10 bits per heavy atom. The fourth-order valence-electron chi connectivity index (χ4n) is 4.38. The highest BCUT2D eigenvalue weighted by atomic mass is 35.5. The molecule has 0 saturated carbocycles. The van der Waals surface area contributed by atoms with Crippen molar-refractivity contribution in [3.63, 3.8) is 0 Å². The van der Waals surface area contributed by atoms with E-state index in [1.54, 1.807) is 13.0 Å². The lowest BCUT2D eigenvalue weighted by atomic mass is 9.94. The second-order valence-electron chi connectivity index (χ2n) is 8.36. The van der Waals surface area contributed by atoms with Crippen LogP contribution in [0.2, 0.25) is 5.02 Å². The van der Waals surface area contributed by atoms with Gasteiger partial charge in [-0.3, -0.25) is 5.84 Å². The standard InChI is InChI=1S/C22H35ClN6O2/c1-3-31-22(30)21-19(17-12-16(23)4-5-18(17)27-21)20(25)14(2)29(26)13-15-6-9-28(10-7-15)11-8-24/h4-5,12,14-15,20,27H,3,6-11,13,24-26H2,1-2H3. The van der Waals surface area contributed by atoms with Crippen molar-refractivity contribution < 1.29 is 9.53 Å².